The van der Waals surface area contributed by atoms with Crippen molar-refractivity contribution in [3.63, 3.8) is 0 Å². The third kappa shape index (κ3) is 6.10. The Bertz CT molecular complexity index is 968. The molecule has 2 aromatic carbocycles. The van der Waals surface area contributed by atoms with E-state index in [1.54, 1.807) is 0 Å². The van der Waals surface area contributed by atoms with Crippen molar-refractivity contribution in [1.82, 2.24) is 9.80 Å². The van der Waals surface area contributed by atoms with Crippen molar-refractivity contribution < 1.29 is 4.79 Å². The maximum atomic E-state index is 12.2. The van der Waals surface area contributed by atoms with Crippen LogP contribution in [0, 0.1) is 11.8 Å². The molecule has 5 heteroatoms. The van der Waals surface area contributed by atoms with Crippen LogP contribution in [-0.4, -0.2) is 48.4 Å². The highest BCUT2D eigenvalue weighted by Crippen LogP contribution is 2.49. The molecule has 176 valence electrons. The predicted molar refractivity (Wildman–Crippen MR) is 141 cm³/mol. The van der Waals surface area contributed by atoms with Gasteiger partial charge in [-0.3, -0.25) is 4.79 Å². The van der Waals surface area contributed by atoms with Crippen LogP contribution in [0.15, 0.2) is 57.5 Å². The minimum Gasteiger partial charge on any atom is -0.342 e. The molecular weight excluding hydrogens is 540 g/mol. The van der Waals surface area contributed by atoms with Crippen LogP contribution in [-0.2, 0) is 4.79 Å². The minimum absolute atomic E-state index is 0.252. The van der Waals surface area contributed by atoms with Gasteiger partial charge in [0, 0.05) is 34.5 Å². The van der Waals surface area contributed by atoms with Gasteiger partial charge in [-0.05, 0) is 105 Å². The monoisotopic (exact) mass is 572 g/mol. The second-order valence-corrected chi connectivity index (χ2v) is 12.0. The van der Waals surface area contributed by atoms with E-state index in [0.29, 0.717) is 11.8 Å². The molecule has 0 N–H and O–H groups in total. The molecule has 2 saturated carbocycles. The number of halogens is 2. The molecule has 4 aliphatic rings. The highest BCUT2D eigenvalue weighted by atomic mass is 79.9. The van der Waals surface area contributed by atoms with Crippen LogP contribution in [0.3, 0.4) is 0 Å². The predicted octanol–water partition coefficient (Wildman–Crippen LogP) is 6.82. The molecule has 0 spiro atoms. The minimum atomic E-state index is 0.252. The molecule has 4 unspecified atom stereocenters. The summed E-state index contributed by atoms with van der Waals surface area (Å²) >= 11 is 7.04. The van der Waals surface area contributed by atoms with E-state index >= 15 is 0 Å². The number of benzene rings is 2. The first-order chi connectivity index (χ1) is 16.1. The standard InChI is InChI=1S/C14H16BrNO.C14H18BrN/c15-11-5-3-4-10(8-11)12-9-13(12)14(17)16-6-1-2-7-16;15-13-5-3-4-11(8-13)14-9-12(14)10-16-6-1-2-7-16/h3-5,8,12-13H,1-2,6-7,9H2;3-5,8,12,14H,1-2,6-7,9-10H2. The summed E-state index contributed by atoms with van der Waals surface area (Å²) in [5.74, 6) is 2.85. The SMILES string of the molecule is Brc1cccc(C2CC2CN2CCCC2)c1.O=C(C1CC1c1cccc(Br)c1)N1CCCC1. The zero-order valence-corrected chi connectivity index (χ0v) is 22.4. The Morgan fingerprint density at radius 1 is 0.788 bits per heavy atom. The fourth-order valence-corrected chi connectivity index (χ4v) is 6.47. The first-order valence-corrected chi connectivity index (χ1v) is 14.2. The van der Waals surface area contributed by atoms with E-state index in [1.165, 1.54) is 67.3 Å². The average molecular weight is 574 g/mol. The van der Waals surface area contributed by atoms with Crippen molar-refractivity contribution >= 4 is 37.8 Å². The lowest BCUT2D eigenvalue weighted by Crippen LogP contribution is -2.29. The summed E-state index contributed by atoms with van der Waals surface area (Å²) in [5.41, 5.74) is 2.83. The van der Waals surface area contributed by atoms with Gasteiger partial charge < -0.3 is 9.80 Å². The van der Waals surface area contributed by atoms with E-state index in [1.807, 2.05) is 11.0 Å². The molecule has 2 saturated heterocycles. The normalized spacial score (nSPS) is 28.4. The van der Waals surface area contributed by atoms with E-state index in [2.05, 4.69) is 79.2 Å². The number of carbonyl (C=O) groups excluding carboxylic acids is 1. The highest BCUT2D eigenvalue weighted by Gasteiger charge is 2.46. The van der Waals surface area contributed by atoms with Crippen molar-refractivity contribution in [3.8, 4) is 0 Å². The van der Waals surface area contributed by atoms with Crippen molar-refractivity contribution in [2.45, 2.75) is 50.4 Å². The third-order valence-electron chi connectivity index (χ3n) is 7.69. The van der Waals surface area contributed by atoms with Crippen molar-refractivity contribution in [3.05, 3.63) is 68.6 Å². The number of hydrogen-bond acceptors (Lipinski definition) is 2. The Hall–Kier alpha value is -1.17. The topological polar surface area (TPSA) is 23.6 Å². The van der Waals surface area contributed by atoms with E-state index < -0.39 is 0 Å². The molecule has 4 fully saturated rings. The summed E-state index contributed by atoms with van der Waals surface area (Å²) in [5, 5.41) is 0. The number of likely N-dealkylation sites (tertiary alicyclic amines) is 2. The fraction of sp³-hybridized carbons (Fsp3) is 0.536. The van der Waals surface area contributed by atoms with Gasteiger partial charge in [-0.1, -0.05) is 56.1 Å². The van der Waals surface area contributed by atoms with Crippen LogP contribution in [0.4, 0.5) is 0 Å². The van der Waals surface area contributed by atoms with Crippen LogP contribution in [0.5, 0.6) is 0 Å². The van der Waals surface area contributed by atoms with Gasteiger partial charge in [0.05, 0.1) is 0 Å². The Morgan fingerprint density at radius 3 is 1.97 bits per heavy atom. The number of carbonyl (C=O) groups is 1. The summed E-state index contributed by atoms with van der Waals surface area (Å²) in [6.07, 6.45) is 7.61. The number of rotatable bonds is 5. The van der Waals surface area contributed by atoms with Crippen LogP contribution in [0.25, 0.3) is 0 Å². The zero-order chi connectivity index (χ0) is 22.8. The maximum absolute atomic E-state index is 12.2. The van der Waals surface area contributed by atoms with Gasteiger partial charge in [-0.15, -0.1) is 0 Å². The lowest BCUT2D eigenvalue weighted by atomic mass is 10.1. The van der Waals surface area contributed by atoms with Gasteiger partial charge in [0.15, 0.2) is 0 Å². The molecule has 0 aromatic heterocycles. The molecule has 2 aromatic rings. The van der Waals surface area contributed by atoms with E-state index in [9.17, 15) is 4.79 Å². The van der Waals surface area contributed by atoms with Crippen LogP contribution in [0.2, 0.25) is 0 Å². The fourth-order valence-electron chi connectivity index (χ4n) is 5.64. The van der Waals surface area contributed by atoms with E-state index in [4.69, 9.17) is 0 Å². The zero-order valence-electron chi connectivity index (χ0n) is 19.3. The highest BCUT2D eigenvalue weighted by molar-refractivity contribution is 9.10. The molecule has 3 nitrogen and oxygen atoms in total. The molecule has 4 atom stereocenters. The summed E-state index contributed by atoms with van der Waals surface area (Å²) in [4.78, 5) is 16.9. The van der Waals surface area contributed by atoms with Gasteiger partial charge in [0.25, 0.3) is 0 Å². The van der Waals surface area contributed by atoms with E-state index in [0.717, 1.165) is 35.8 Å². The van der Waals surface area contributed by atoms with Gasteiger partial charge in [0.1, 0.15) is 0 Å². The number of nitrogens with zero attached hydrogens (tertiary/aromatic N) is 2. The molecule has 2 heterocycles. The summed E-state index contributed by atoms with van der Waals surface area (Å²) in [7, 11) is 0. The summed E-state index contributed by atoms with van der Waals surface area (Å²) in [6, 6.07) is 17.2. The molecule has 1 amide bonds. The molecule has 2 aliphatic heterocycles. The lowest BCUT2D eigenvalue weighted by molar-refractivity contribution is -0.131. The number of amides is 1. The largest absolute Gasteiger partial charge is 0.342 e. The van der Waals surface area contributed by atoms with Gasteiger partial charge in [0.2, 0.25) is 5.91 Å². The van der Waals surface area contributed by atoms with Crippen LogP contribution in [0.1, 0.15) is 61.5 Å². The van der Waals surface area contributed by atoms with Gasteiger partial charge in [-0.2, -0.15) is 0 Å². The van der Waals surface area contributed by atoms with Gasteiger partial charge >= 0.3 is 0 Å². The van der Waals surface area contributed by atoms with Crippen molar-refractivity contribution in [1.29, 1.82) is 0 Å². The second kappa shape index (κ2) is 10.6. The molecular formula is C28H34Br2N2O. The lowest BCUT2D eigenvalue weighted by Gasteiger charge is -2.14. The molecule has 33 heavy (non-hydrogen) atoms. The average Bonchev–Trinajstić information content (AvgIpc) is 3.63. The van der Waals surface area contributed by atoms with Crippen LogP contribution >= 0.6 is 31.9 Å². The molecule has 6 rings (SSSR count). The molecule has 0 bridgehead atoms. The summed E-state index contributed by atoms with van der Waals surface area (Å²) < 4.78 is 2.33. The first-order valence-electron chi connectivity index (χ1n) is 12.6. The smallest absolute Gasteiger partial charge is 0.226 e. The first kappa shape index (κ1) is 23.6. The maximum Gasteiger partial charge on any atom is 0.226 e. The summed E-state index contributed by atoms with van der Waals surface area (Å²) in [6.45, 7) is 5.95. The Morgan fingerprint density at radius 2 is 1.36 bits per heavy atom. The Kier molecular flexibility index (Phi) is 7.58. The second-order valence-electron chi connectivity index (χ2n) is 10.2. The quantitative estimate of drug-likeness (QED) is 0.391. The van der Waals surface area contributed by atoms with Crippen molar-refractivity contribution in [2.75, 3.05) is 32.7 Å². The van der Waals surface area contributed by atoms with E-state index in [-0.39, 0.29) is 5.92 Å². The Balaban J connectivity index is 0.000000139. The van der Waals surface area contributed by atoms with Crippen LogP contribution < -0.4 is 0 Å². The van der Waals surface area contributed by atoms with Crippen molar-refractivity contribution in [2.24, 2.45) is 11.8 Å². The molecule has 0 radical (unpaired) electrons. The Labute approximate surface area is 215 Å². The third-order valence-corrected chi connectivity index (χ3v) is 8.68. The van der Waals surface area contributed by atoms with Gasteiger partial charge in [-0.25, -0.2) is 0 Å². The molecule has 2 aliphatic carbocycles. The number of hydrogen-bond donors (Lipinski definition) is 0.